The molecule has 3 aromatic carbocycles. The van der Waals surface area contributed by atoms with Gasteiger partial charge >= 0.3 is 6.03 Å². The van der Waals surface area contributed by atoms with Gasteiger partial charge in [0.1, 0.15) is 18.0 Å². The first-order valence-electron chi connectivity index (χ1n) is 13.2. The van der Waals surface area contributed by atoms with E-state index in [9.17, 15) is 18.8 Å². The van der Waals surface area contributed by atoms with E-state index < -0.39 is 17.8 Å². The molecule has 1 saturated heterocycles. The SMILES string of the molecule is CCCOc1ccc(CN2C(=O)NC(=O)/C(=C\c3ccc(OCc4ccc(F)cc4)c(OCC)c3)C2=O)cc1OC. The zero-order valence-electron chi connectivity index (χ0n) is 23.1. The van der Waals surface area contributed by atoms with Crippen LogP contribution in [0.1, 0.15) is 37.0 Å². The molecule has 1 aliphatic heterocycles. The third kappa shape index (κ3) is 7.21. The standard InChI is InChI=1S/C31H31FN2O7/c1-4-14-40-25-13-9-22(17-27(25)38-3)18-34-30(36)24(29(35)33-31(34)37)15-21-8-12-26(28(16-21)39-5-2)41-19-20-6-10-23(32)11-7-20/h6-13,15-17H,4-5,14,18-19H2,1-3H3,(H,33,35,37)/b24-15+. The van der Waals surface area contributed by atoms with Crippen LogP contribution in [0.4, 0.5) is 9.18 Å². The van der Waals surface area contributed by atoms with Crippen molar-refractivity contribution < 1.29 is 37.7 Å². The molecule has 0 saturated carbocycles. The van der Waals surface area contributed by atoms with Gasteiger partial charge in [-0.25, -0.2) is 9.18 Å². The Morgan fingerprint density at radius 3 is 2.24 bits per heavy atom. The van der Waals surface area contributed by atoms with Gasteiger partial charge in [0.15, 0.2) is 23.0 Å². The molecule has 1 fully saturated rings. The quantitative estimate of drug-likeness (QED) is 0.237. The highest BCUT2D eigenvalue weighted by Crippen LogP contribution is 2.32. The van der Waals surface area contributed by atoms with Gasteiger partial charge < -0.3 is 18.9 Å². The number of hydrogen-bond donors (Lipinski definition) is 1. The van der Waals surface area contributed by atoms with E-state index in [0.29, 0.717) is 47.3 Å². The molecule has 1 heterocycles. The van der Waals surface area contributed by atoms with Crippen molar-refractivity contribution >= 4 is 23.9 Å². The van der Waals surface area contributed by atoms with Crippen LogP contribution in [0.5, 0.6) is 23.0 Å². The minimum absolute atomic E-state index is 0.0833. The van der Waals surface area contributed by atoms with Crippen LogP contribution in [0.25, 0.3) is 6.08 Å². The van der Waals surface area contributed by atoms with E-state index in [2.05, 4.69) is 5.32 Å². The molecule has 0 aromatic heterocycles. The lowest BCUT2D eigenvalue weighted by atomic mass is 10.1. The summed E-state index contributed by atoms with van der Waals surface area (Å²) in [6.07, 6.45) is 2.22. The number of methoxy groups -OCH3 is 1. The van der Waals surface area contributed by atoms with Crippen molar-refractivity contribution in [3.63, 3.8) is 0 Å². The minimum Gasteiger partial charge on any atom is -0.493 e. The molecule has 0 spiro atoms. The number of benzene rings is 3. The van der Waals surface area contributed by atoms with E-state index in [0.717, 1.165) is 16.9 Å². The van der Waals surface area contributed by atoms with Crippen molar-refractivity contribution in [2.75, 3.05) is 20.3 Å². The number of rotatable bonds is 12. The molecule has 1 aliphatic rings. The minimum atomic E-state index is -0.818. The topological polar surface area (TPSA) is 103 Å². The molecule has 1 N–H and O–H groups in total. The Balaban J connectivity index is 1.54. The Labute approximate surface area is 237 Å². The highest BCUT2D eigenvalue weighted by Gasteiger charge is 2.36. The average Bonchev–Trinajstić information content (AvgIpc) is 2.97. The largest absolute Gasteiger partial charge is 0.493 e. The molecule has 4 rings (SSSR count). The van der Waals surface area contributed by atoms with Gasteiger partial charge in [0.2, 0.25) is 0 Å². The van der Waals surface area contributed by atoms with Crippen LogP contribution in [-0.2, 0) is 22.7 Å². The molecule has 41 heavy (non-hydrogen) atoms. The number of ether oxygens (including phenoxy) is 4. The Morgan fingerprint density at radius 2 is 1.54 bits per heavy atom. The summed E-state index contributed by atoms with van der Waals surface area (Å²) in [5.74, 6) is -0.00746. The van der Waals surface area contributed by atoms with Crippen molar-refractivity contribution in [2.24, 2.45) is 0 Å². The van der Waals surface area contributed by atoms with Crippen molar-refractivity contribution in [3.8, 4) is 23.0 Å². The van der Waals surface area contributed by atoms with Gasteiger partial charge in [0.25, 0.3) is 11.8 Å². The summed E-state index contributed by atoms with van der Waals surface area (Å²) in [6.45, 7) is 4.78. The number of carbonyl (C=O) groups excluding carboxylic acids is 3. The normalized spacial score (nSPS) is 14.2. The number of nitrogens with one attached hydrogen (secondary N) is 1. The number of carbonyl (C=O) groups is 3. The molecule has 0 unspecified atom stereocenters. The molecular weight excluding hydrogens is 531 g/mol. The number of barbiturate groups is 1. The second-order valence-electron chi connectivity index (χ2n) is 9.10. The monoisotopic (exact) mass is 562 g/mol. The van der Waals surface area contributed by atoms with Crippen LogP contribution in [0.2, 0.25) is 0 Å². The van der Waals surface area contributed by atoms with Crippen LogP contribution in [0.15, 0.2) is 66.2 Å². The van der Waals surface area contributed by atoms with Crippen LogP contribution in [0.3, 0.4) is 0 Å². The predicted molar refractivity (Wildman–Crippen MR) is 149 cm³/mol. The van der Waals surface area contributed by atoms with Crippen LogP contribution < -0.4 is 24.3 Å². The number of urea groups is 1. The summed E-state index contributed by atoms with van der Waals surface area (Å²) in [7, 11) is 1.51. The van der Waals surface area contributed by atoms with E-state index in [4.69, 9.17) is 18.9 Å². The Bertz CT molecular complexity index is 1450. The fourth-order valence-electron chi connectivity index (χ4n) is 4.07. The Kier molecular flexibility index (Phi) is 9.57. The lowest BCUT2D eigenvalue weighted by Gasteiger charge is -2.26. The summed E-state index contributed by atoms with van der Waals surface area (Å²) < 4.78 is 35.8. The maximum Gasteiger partial charge on any atom is 0.331 e. The van der Waals surface area contributed by atoms with Crippen LogP contribution >= 0.6 is 0 Å². The van der Waals surface area contributed by atoms with E-state index >= 15 is 0 Å². The molecule has 9 nitrogen and oxygen atoms in total. The third-order valence-corrected chi connectivity index (χ3v) is 6.10. The smallest absolute Gasteiger partial charge is 0.331 e. The zero-order valence-corrected chi connectivity index (χ0v) is 23.1. The van der Waals surface area contributed by atoms with Crippen molar-refractivity contribution in [1.82, 2.24) is 10.2 Å². The molecule has 4 amide bonds. The van der Waals surface area contributed by atoms with E-state index in [1.165, 1.54) is 25.3 Å². The second kappa shape index (κ2) is 13.5. The van der Waals surface area contributed by atoms with Gasteiger partial charge in [-0.05, 0) is 72.5 Å². The van der Waals surface area contributed by atoms with Gasteiger partial charge in [-0.15, -0.1) is 0 Å². The van der Waals surface area contributed by atoms with Crippen LogP contribution in [-0.4, -0.2) is 43.1 Å². The Morgan fingerprint density at radius 1 is 0.829 bits per heavy atom. The van der Waals surface area contributed by atoms with E-state index in [1.54, 1.807) is 48.5 Å². The lowest BCUT2D eigenvalue weighted by Crippen LogP contribution is -2.53. The maximum absolute atomic E-state index is 13.3. The number of imide groups is 2. The summed E-state index contributed by atoms with van der Waals surface area (Å²) in [6, 6.07) is 15.2. The summed E-state index contributed by atoms with van der Waals surface area (Å²) in [4.78, 5) is 39.5. The van der Waals surface area contributed by atoms with Crippen molar-refractivity contribution in [3.05, 3.63) is 88.7 Å². The van der Waals surface area contributed by atoms with Gasteiger partial charge in [0, 0.05) is 0 Å². The number of amides is 4. The third-order valence-electron chi connectivity index (χ3n) is 6.10. The Hall–Kier alpha value is -4.86. The van der Waals surface area contributed by atoms with E-state index in [-0.39, 0.29) is 24.5 Å². The molecule has 0 bridgehead atoms. The van der Waals surface area contributed by atoms with Gasteiger partial charge in [-0.2, -0.15) is 0 Å². The average molecular weight is 563 g/mol. The first-order valence-corrected chi connectivity index (χ1v) is 13.2. The second-order valence-corrected chi connectivity index (χ2v) is 9.10. The van der Waals surface area contributed by atoms with E-state index in [1.807, 2.05) is 13.8 Å². The number of nitrogens with zero attached hydrogens (tertiary/aromatic N) is 1. The molecule has 3 aromatic rings. The van der Waals surface area contributed by atoms with Gasteiger partial charge in [-0.3, -0.25) is 19.8 Å². The van der Waals surface area contributed by atoms with Crippen molar-refractivity contribution in [2.45, 2.75) is 33.4 Å². The first-order chi connectivity index (χ1) is 19.8. The summed E-state index contributed by atoms with van der Waals surface area (Å²) >= 11 is 0. The maximum atomic E-state index is 13.3. The van der Waals surface area contributed by atoms with Gasteiger partial charge in [-0.1, -0.05) is 31.2 Å². The highest BCUT2D eigenvalue weighted by molar-refractivity contribution is 6.30. The first kappa shape index (κ1) is 29.1. The zero-order chi connectivity index (χ0) is 29.4. The van der Waals surface area contributed by atoms with Crippen LogP contribution in [0, 0.1) is 5.82 Å². The molecular formula is C31H31FN2O7. The number of halogens is 1. The highest BCUT2D eigenvalue weighted by atomic mass is 19.1. The molecule has 214 valence electrons. The van der Waals surface area contributed by atoms with Crippen molar-refractivity contribution in [1.29, 1.82) is 0 Å². The molecule has 0 radical (unpaired) electrons. The van der Waals surface area contributed by atoms with Gasteiger partial charge in [0.05, 0.1) is 26.9 Å². The lowest BCUT2D eigenvalue weighted by molar-refractivity contribution is -0.130. The molecule has 10 heteroatoms. The fraction of sp³-hybridized carbons (Fsp3) is 0.258. The predicted octanol–water partition coefficient (Wildman–Crippen LogP) is 5.26. The summed E-state index contributed by atoms with van der Waals surface area (Å²) in [5.41, 5.74) is 1.68. The molecule has 0 aliphatic carbocycles. The fourth-order valence-corrected chi connectivity index (χ4v) is 4.07. The number of hydrogen-bond acceptors (Lipinski definition) is 7. The molecule has 0 atom stereocenters. The summed E-state index contributed by atoms with van der Waals surface area (Å²) in [5, 5.41) is 2.23.